The van der Waals surface area contributed by atoms with Crippen LogP contribution in [0.15, 0.2) is 46.9 Å². The van der Waals surface area contributed by atoms with Gasteiger partial charge >= 0.3 is 5.97 Å². The minimum Gasteiger partial charge on any atom is -0.452 e. The summed E-state index contributed by atoms with van der Waals surface area (Å²) >= 11 is 9.18. The van der Waals surface area contributed by atoms with E-state index in [2.05, 4.69) is 15.9 Å². The summed E-state index contributed by atoms with van der Waals surface area (Å²) in [6, 6.07) is 10.7. The number of carbonyl (C=O) groups is 2. The molecule has 0 radical (unpaired) electrons. The molecule has 0 heterocycles. The van der Waals surface area contributed by atoms with Crippen LogP contribution in [-0.2, 0) is 16.1 Å². The summed E-state index contributed by atoms with van der Waals surface area (Å²) in [6.45, 7) is -0.209. The quantitative estimate of drug-likeness (QED) is 0.693. The fourth-order valence-corrected chi connectivity index (χ4v) is 2.52. The maximum Gasteiger partial charge on any atom is 0.340 e. The average molecular weight is 415 g/mol. The van der Waals surface area contributed by atoms with Crippen LogP contribution in [0.3, 0.4) is 0 Å². The second-order valence-corrected chi connectivity index (χ2v) is 6.40. The first-order chi connectivity index (χ1) is 11.4. The number of esters is 1. The van der Waals surface area contributed by atoms with Gasteiger partial charge in [0.2, 0.25) is 0 Å². The lowest BCUT2D eigenvalue weighted by atomic mass is 10.2. The van der Waals surface area contributed by atoms with Crippen LogP contribution in [0.4, 0.5) is 4.39 Å². The van der Waals surface area contributed by atoms with Crippen LogP contribution in [0.1, 0.15) is 15.9 Å². The lowest BCUT2D eigenvalue weighted by Crippen LogP contribution is -2.30. The van der Waals surface area contributed by atoms with Gasteiger partial charge in [0, 0.05) is 18.1 Å². The van der Waals surface area contributed by atoms with Crippen molar-refractivity contribution in [2.75, 3.05) is 13.7 Å². The second-order valence-electron chi connectivity index (χ2n) is 5.08. The van der Waals surface area contributed by atoms with E-state index < -0.39 is 18.5 Å². The molecule has 126 valence electrons. The Bertz CT molecular complexity index is 769. The molecule has 0 spiro atoms. The Labute approximate surface area is 152 Å². The number of hydrogen-bond donors (Lipinski definition) is 0. The highest BCUT2D eigenvalue weighted by Crippen LogP contribution is 2.21. The molecule has 0 saturated heterocycles. The monoisotopic (exact) mass is 413 g/mol. The number of hydrogen-bond acceptors (Lipinski definition) is 3. The minimum atomic E-state index is -0.686. The second kappa shape index (κ2) is 8.26. The molecule has 4 nitrogen and oxygen atoms in total. The van der Waals surface area contributed by atoms with Crippen molar-refractivity contribution in [1.29, 1.82) is 0 Å². The minimum absolute atomic E-state index is 0.173. The Kier molecular flexibility index (Phi) is 6.34. The lowest BCUT2D eigenvalue weighted by Gasteiger charge is -2.17. The van der Waals surface area contributed by atoms with Gasteiger partial charge in [-0.05, 0) is 35.9 Å². The van der Waals surface area contributed by atoms with Crippen molar-refractivity contribution in [2.24, 2.45) is 0 Å². The molecule has 0 fully saturated rings. The lowest BCUT2D eigenvalue weighted by molar-refractivity contribution is -0.133. The summed E-state index contributed by atoms with van der Waals surface area (Å²) in [6.07, 6.45) is 0. The molecule has 0 unspecified atom stereocenters. The first-order valence-corrected chi connectivity index (χ1v) is 8.14. The van der Waals surface area contributed by atoms with E-state index in [4.69, 9.17) is 16.3 Å². The Morgan fingerprint density at radius 2 is 2.00 bits per heavy atom. The molecule has 1 amide bonds. The molecule has 2 rings (SSSR count). The van der Waals surface area contributed by atoms with Crippen molar-refractivity contribution in [3.8, 4) is 0 Å². The third kappa shape index (κ3) is 5.04. The van der Waals surface area contributed by atoms with Gasteiger partial charge in [0.05, 0.1) is 10.6 Å². The Morgan fingerprint density at radius 3 is 2.71 bits per heavy atom. The Morgan fingerprint density at radius 1 is 1.25 bits per heavy atom. The Hall–Kier alpha value is -1.92. The predicted octanol–water partition coefficient (Wildman–Crippen LogP) is 4.06. The third-order valence-electron chi connectivity index (χ3n) is 3.21. The van der Waals surface area contributed by atoms with Gasteiger partial charge < -0.3 is 9.64 Å². The molecule has 0 aliphatic carbocycles. The van der Waals surface area contributed by atoms with Crippen molar-refractivity contribution >= 4 is 39.4 Å². The molecule has 7 heteroatoms. The number of amides is 1. The molecule has 0 N–H and O–H groups in total. The van der Waals surface area contributed by atoms with E-state index in [9.17, 15) is 14.0 Å². The average Bonchev–Trinajstić information content (AvgIpc) is 2.54. The van der Waals surface area contributed by atoms with Crippen LogP contribution < -0.4 is 0 Å². The molecule has 0 atom stereocenters. The van der Waals surface area contributed by atoms with E-state index in [1.807, 2.05) is 0 Å². The number of benzene rings is 2. The van der Waals surface area contributed by atoms with Crippen LogP contribution >= 0.6 is 27.5 Å². The van der Waals surface area contributed by atoms with Crippen molar-refractivity contribution in [3.63, 3.8) is 0 Å². The molecule has 0 bridgehead atoms. The zero-order valence-corrected chi connectivity index (χ0v) is 15.1. The highest BCUT2D eigenvalue weighted by Gasteiger charge is 2.16. The van der Waals surface area contributed by atoms with Gasteiger partial charge in [0.1, 0.15) is 5.82 Å². The van der Waals surface area contributed by atoms with Crippen molar-refractivity contribution in [1.82, 2.24) is 4.90 Å². The fourth-order valence-electron chi connectivity index (χ4n) is 1.97. The summed E-state index contributed by atoms with van der Waals surface area (Å²) in [4.78, 5) is 25.4. The number of ether oxygens (including phenoxy) is 1. The molecular weight excluding hydrogens is 401 g/mol. The van der Waals surface area contributed by atoms with Gasteiger partial charge in [0.25, 0.3) is 5.91 Å². The highest BCUT2D eigenvalue weighted by molar-refractivity contribution is 9.10. The predicted molar refractivity (Wildman–Crippen MR) is 92.3 cm³/mol. The van der Waals surface area contributed by atoms with E-state index in [0.717, 1.165) is 0 Å². The maximum absolute atomic E-state index is 13.1. The van der Waals surface area contributed by atoms with Gasteiger partial charge in [-0.3, -0.25) is 4.79 Å². The highest BCUT2D eigenvalue weighted by atomic mass is 79.9. The zero-order chi connectivity index (χ0) is 17.7. The molecular formula is C17H14BrClFNO3. The van der Waals surface area contributed by atoms with Gasteiger partial charge in [-0.2, -0.15) is 0 Å². The standard InChI is InChI=1S/C17H14BrClFNO3/c1-21(9-11-3-2-4-13(20)7-11)16(22)10-24-17(23)14-8-12(18)5-6-15(14)19/h2-8H,9-10H2,1H3. The van der Waals surface area contributed by atoms with Crippen molar-refractivity contribution < 1.29 is 18.7 Å². The van der Waals surface area contributed by atoms with Gasteiger partial charge in [0.15, 0.2) is 6.61 Å². The zero-order valence-electron chi connectivity index (χ0n) is 12.8. The topological polar surface area (TPSA) is 46.6 Å². The van der Waals surface area contributed by atoms with Gasteiger partial charge in [-0.15, -0.1) is 0 Å². The third-order valence-corrected chi connectivity index (χ3v) is 4.03. The summed E-state index contributed by atoms with van der Waals surface area (Å²) in [7, 11) is 1.55. The van der Waals surface area contributed by atoms with Crippen LogP contribution in [-0.4, -0.2) is 30.4 Å². The largest absolute Gasteiger partial charge is 0.452 e. The number of likely N-dealkylation sites (N-methyl/N-ethyl adjacent to an activating group) is 1. The Balaban J connectivity index is 1.92. The molecule has 0 aromatic heterocycles. The summed E-state index contributed by atoms with van der Waals surface area (Å²) in [5, 5.41) is 0.240. The van der Waals surface area contributed by atoms with Crippen LogP contribution in [0.5, 0.6) is 0 Å². The normalized spacial score (nSPS) is 10.3. The number of nitrogens with zero attached hydrogens (tertiary/aromatic N) is 1. The van der Waals surface area contributed by atoms with E-state index in [-0.39, 0.29) is 22.9 Å². The molecule has 0 aliphatic heterocycles. The SMILES string of the molecule is CN(Cc1cccc(F)c1)C(=O)COC(=O)c1cc(Br)ccc1Cl. The van der Waals surface area contributed by atoms with Crippen molar-refractivity contribution in [3.05, 3.63) is 68.9 Å². The number of rotatable bonds is 5. The first kappa shape index (κ1) is 18.4. The molecule has 0 saturated carbocycles. The molecule has 2 aromatic rings. The smallest absolute Gasteiger partial charge is 0.340 e. The van der Waals surface area contributed by atoms with E-state index in [1.54, 1.807) is 31.3 Å². The van der Waals surface area contributed by atoms with Crippen LogP contribution in [0.2, 0.25) is 5.02 Å². The number of halogens is 3. The fraction of sp³-hybridized carbons (Fsp3) is 0.176. The van der Waals surface area contributed by atoms with Crippen LogP contribution in [0.25, 0.3) is 0 Å². The summed E-state index contributed by atoms with van der Waals surface area (Å²) in [5.74, 6) is -1.46. The maximum atomic E-state index is 13.1. The number of carbonyl (C=O) groups excluding carboxylic acids is 2. The summed E-state index contributed by atoms with van der Waals surface area (Å²) < 4.78 is 18.8. The van der Waals surface area contributed by atoms with Crippen LogP contribution in [0, 0.1) is 5.82 Å². The molecule has 2 aromatic carbocycles. The van der Waals surface area contributed by atoms with Gasteiger partial charge in [-0.25, -0.2) is 9.18 Å². The van der Waals surface area contributed by atoms with E-state index in [0.29, 0.717) is 10.0 Å². The summed E-state index contributed by atoms with van der Waals surface area (Å²) in [5.41, 5.74) is 0.818. The van der Waals surface area contributed by atoms with E-state index in [1.165, 1.54) is 23.1 Å². The van der Waals surface area contributed by atoms with E-state index >= 15 is 0 Å². The molecule has 0 aliphatic rings. The van der Waals surface area contributed by atoms with Crippen molar-refractivity contribution in [2.45, 2.75) is 6.54 Å². The van der Waals surface area contributed by atoms with Gasteiger partial charge in [-0.1, -0.05) is 39.7 Å². The first-order valence-electron chi connectivity index (χ1n) is 6.97. The molecule has 24 heavy (non-hydrogen) atoms.